The monoisotopic (exact) mass is 373 g/mol. The fourth-order valence-corrected chi connectivity index (χ4v) is 3.81. The lowest BCUT2D eigenvalue weighted by molar-refractivity contribution is 0.0529. The SMILES string of the molecule is CCNC(=NCc1ccc(N2CCOC(C)C2)nc1)N1CCC(C)(CC)C1. The second-order valence-electron chi connectivity index (χ2n) is 8.16. The van der Waals surface area contributed by atoms with Crippen molar-refractivity contribution in [2.75, 3.05) is 44.2 Å². The third-order valence-corrected chi connectivity index (χ3v) is 5.83. The van der Waals surface area contributed by atoms with Crippen molar-refractivity contribution in [1.29, 1.82) is 0 Å². The van der Waals surface area contributed by atoms with Crippen LogP contribution in [0.4, 0.5) is 5.82 Å². The van der Waals surface area contributed by atoms with E-state index in [1.165, 1.54) is 12.8 Å². The van der Waals surface area contributed by atoms with Gasteiger partial charge in [0.05, 0.1) is 19.3 Å². The van der Waals surface area contributed by atoms with E-state index in [0.29, 0.717) is 12.0 Å². The maximum Gasteiger partial charge on any atom is 0.194 e. The number of aliphatic imine (C=N–C) groups is 1. The predicted octanol–water partition coefficient (Wildman–Crippen LogP) is 2.89. The molecule has 0 aromatic carbocycles. The highest BCUT2D eigenvalue weighted by molar-refractivity contribution is 5.80. The number of aromatic nitrogens is 1. The second-order valence-corrected chi connectivity index (χ2v) is 8.16. The molecule has 2 atom stereocenters. The fourth-order valence-electron chi connectivity index (χ4n) is 3.81. The number of nitrogens with zero attached hydrogens (tertiary/aromatic N) is 4. The molecule has 27 heavy (non-hydrogen) atoms. The van der Waals surface area contributed by atoms with E-state index < -0.39 is 0 Å². The average Bonchev–Trinajstić information content (AvgIpc) is 3.08. The Bertz CT molecular complexity index is 632. The minimum Gasteiger partial charge on any atom is -0.375 e. The lowest BCUT2D eigenvalue weighted by Crippen LogP contribution is -2.41. The van der Waals surface area contributed by atoms with Crippen LogP contribution in [0.2, 0.25) is 0 Å². The summed E-state index contributed by atoms with van der Waals surface area (Å²) in [5.41, 5.74) is 1.56. The summed E-state index contributed by atoms with van der Waals surface area (Å²) in [6.07, 6.45) is 4.68. The quantitative estimate of drug-likeness (QED) is 0.635. The van der Waals surface area contributed by atoms with Crippen molar-refractivity contribution < 1.29 is 4.74 Å². The maximum atomic E-state index is 5.61. The van der Waals surface area contributed by atoms with Crippen LogP contribution in [0.3, 0.4) is 0 Å². The first kappa shape index (κ1) is 19.9. The molecule has 3 rings (SSSR count). The third-order valence-electron chi connectivity index (χ3n) is 5.83. The van der Waals surface area contributed by atoms with Gasteiger partial charge in [-0.15, -0.1) is 0 Å². The van der Waals surface area contributed by atoms with Gasteiger partial charge in [-0.3, -0.25) is 0 Å². The smallest absolute Gasteiger partial charge is 0.194 e. The van der Waals surface area contributed by atoms with Crippen molar-refractivity contribution in [2.45, 2.75) is 53.2 Å². The molecule has 0 spiro atoms. The molecule has 6 heteroatoms. The van der Waals surface area contributed by atoms with E-state index in [9.17, 15) is 0 Å². The third kappa shape index (κ3) is 5.12. The molecule has 1 aromatic rings. The van der Waals surface area contributed by atoms with E-state index in [4.69, 9.17) is 9.73 Å². The Labute approximate surface area is 164 Å². The molecule has 2 fully saturated rings. The van der Waals surface area contributed by atoms with Crippen molar-refractivity contribution in [3.63, 3.8) is 0 Å². The van der Waals surface area contributed by atoms with Crippen LogP contribution in [-0.4, -0.2) is 61.3 Å². The zero-order chi connectivity index (χ0) is 19.3. The molecule has 0 saturated carbocycles. The normalized spacial score (nSPS) is 26.5. The summed E-state index contributed by atoms with van der Waals surface area (Å²) in [6, 6.07) is 4.26. The molecule has 0 aliphatic carbocycles. The molecule has 1 N–H and O–H groups in total. The van der Waals surface area contributed by atoms with Crippen molar-refractivity contribution in [3.05, 3.63) is 23.9 Å². The van der Waals surface area contributed by atoms with Gasteiger partial charge in [0, 0.05) is 38.9 Å². The predicted molar refractivity (Wildman–Crippen MR) is 111 cm³/mol. The van der Waals surface area contributed by atoms with Crippen molar-refractivity contribution in [1.82, 2.24) is 15.2 Å². The van der Waals surface area contributed by atoms with E-state index in [1.54, 1.807) is 0 Å². The van der Waals surface area contributed by atoms with Crippen LogP contribution in [0.1, 0.15) is 46.1 Å². The van der Waals surface area contributed by atoms with Crippen molar-refractivity contribution in [3.8, 4) is 0 Å². The van der Waals surface area contributed by atoms with E-state index >= 15 is 0 Å². The molecule has 150 valence electrons. The second kappa shape index (κ2) is 8.91. The number of guanidine groups is 1. The number of nitrogens with one attached hydrogen (secondary N) is 1. The van der Waals surface area contributed by atoms with Crippen molar-refractivity contribution >= 4 is 11.8 Å². The standard InChI is InChI=1S/C21H35N5O/c1-5-21(4)9-10-26(16-21)20(22-6-2)24-14-18-7-8-19(23-13-18)25-11-12-27-17(3)15-25/h7-8,13,17H,5-6,9-12,14-16H2,1-4H3,(H,22,24). The van der Waals surface area contributed by atoms with Crippen LogP contribution in [0, 0.1) is 5.41 Å². The number of hydrogen-bond acceptors (Lipinski definition) is 4. The molecule has 2 aliphatic heterocycles. The number of rotatable bonds is 5. The summed E-state index contributed by atoms with van der Waals surface area (Å²) in [5.74, 6) is 2.06. The first-order valence-corrected chi connectivity index (χ1v) is 10.4. The first-order valence-electron chi connectivity index (χ1n) is 10.4. The number of likely N-dealkylation sites (tertiary alicyclic amines) is 1. The fraction of sp³-hybridized carbons (Fsp3) is 0.714. The summed E-state index contributed by atoms with van der Waals surface area (Å²) < 4.78 is 5.61. The lowest BCUT2D eigenvalue weighted by Gasteiger charge is -2.32. The van der Waals surface area contributed by atoms with Crippen LogP contribution in [0.25, 0.3) is 0 Å². The van der Waals surface area contributed by atoms with Gasteiger partial charge in [0.2, 0.25) is 0 Å². The summed E-state index contributed by atoms with van der Waals surface area (Å²) >= 11 is 0. The molecule has 1 aromatic heterocycles. The van der Waals surface area contributed by atoms with Crippen LogP contribution in [0.15, 0.2) is 23.3 Å². The molecule has 0 radical (unpaired) electrons. The van der Waals surface area contributed by atoms with Gasteiger partial charge in [0.1, 0.15) is 5.82 Å². The number of pyridine rings is 1. The zero-order valence-electron chi connectivity index (χ0n) is 17.4. The van der Waals surface area contributed by atoms with Gasteiger partial charge in [-0.05, 0) is 43.7 Å². The Hall–Kier alpha value is -1.82. The summed E-state index contributed by atoms with van der Waals surface area (Å²) in [4.78, 5) is 14.2. The Morgan fingerprint density at radius 2 is 2.22 bits per heavy atom. The summed E-state index contributed by atoms with van der Waals surface area (Å²) in [7, 11) is 0. The number of morpholine rings is 1. The highest BCUT2D eigenvalue weighted by Crippen LogP contribution is 2.32. The summed E-state index contributed by atoms with van der Waals surface area (Å²) in [5, 5.41) is 3.46. The zero-order valence-corrected chi connectivity index (χ0v) is 17.4. The highest BCUT2D eigenvalue weighted by atomic mass is 16.5. The number of hydrogen-bond donors (Lipinski definition) is 1. The summed E-state index contributed by atoms with van der Waals surface area (Å²) in [6.45, 7) is 15.2. The van der Waals surface area contributed by atoms with Gasteiger partial charge in [-0.2, -0.15) is 0 Å². The maximum absolute atomic E-state index is 5.61. The lowest BCUT2D eigenvalue weighted by atomic mass is 9.87. The van der Waals surface area contributed by atoms with Gasteiger partial charge in [-0.1, -0.05) is 19.9 Å². The Kier molecular flexibility index (Phi) is 6.58. The molecule has 6 nitrogen and oxygen atoms in total. The van der Waals surface area contributed by atoms with Crippen molar-refractivity contribution in [2.24, 2.45) is 10.4 Å². The highest BCUT2D eigenvalue weighted by Gasteiger charge is 2.33. The molecule has 0 bridgehead atoms. The molecule has 3 heterocycles. The Morgan fingerprint density at radius 3 is 2.85 bits per heavy atom. The molecular weight excluding hydrogens is 338 g/mol. The van der Waals surface area contributed by atoms with Gasteiger partial charge in [-0.25, -0.2) is 9.98 Å². The minimum atomic E-state index is 0.266. The molecular formula is C21H35N5O. The van der Waals surface area contributed by atoms with Gasteiger partial charge < -0.3 is 19.9 Å². The van der Waals surface area contributed by atoms with E-state index in [-0.39, 0.29) is 6.10 Å². The molecule has 2 unspecified atom stereocenters. The number of anilines is 1. The van der Waals surface area contributed by atoms with Gasteiger partial charge >= 0.3 is 0 Å². The van der Waals surface area contributed by atoms with Gasteiger partial charge in [0.25, 0.3) is 0 Å². The molecule has 0 amide bonds. The molecule has 2 saturated heterocycles. The first-order chi connectivity index (χ1) is 13.0. The van der Waals surface area contributed by atoms with Crippen LogP contribution >= 0.6 is 0 Å². The number of ether oxygens (including phenoxy) is 1. The van der Waals surface area contributed by atoms with E-state index in [2.05, 4.69) is 59.9 Å². The van der Waals surface area contributed by atoms with Crippen LogP contribution in [0.5, 0.6) is 0 Å². The minimum absolute atomic E-state index is 0.266. The van der Waals surface area contributed by atoms with Crippen LogP contribution < -0.4 is 10.2 Å². The Balaban J connectivity index is 1.62. The van der Waals surface area contributed by atoms with Gasteiger partial charge in [0.15, 0.2) is 5.96 Å². The topological polar surface area (TPSA) is 53.0 Å². The van der Waals surface area contributed by atoms with E-state index in [0.717, 1.165) is 56.7 Å². The van der Waals surface area contributed by atoms with E-state index in [1.807, 2.05) is 6.20 Å². The Morgan fingerprint density at radius 1 is 1.37 bits per heavy atom. The molecule has 2 aliphatic rings. The largest absolute Gasteiger partial charge is 0.375 e. The van der Waals surface area contributed by atoms with Crippen LogP contribution in [-0.2, 0) is 11.3 Å². The average molecular weight is 374 g/mol.